The molecular weight excluding hydrogens is 512 g/mol. The lowest BCUT2D eigenvalue weighted by Crippen LogP contribution is -2.85. The highest BCUT2D eigenvalue weighted by Gasteiger charge is 2.03. The lowest BCUT2D eigenvalue weighted by atomic mass is 10.2. The Hall–Kier alpha value is -1.42. The molecule has 0 spiro atoms. The Kier molecular flexibility index (Phi) is 20.2. The molecule has 10 N–H and O–H groups in total. The third-order valence-corrected chi connectivity index (χ3v) is 9.21. The predicted molar refractivity (Wildman–Crippen MR) is 162 cm³/mol. The monoisotopic (exact) mass is 566 g/mol. The van der Waals surface area contributed by atoms with Crippen LogP contribution in [0.2, 0.25) is 0 Å². The molecule has 0 unspecified atom stereocenters. The van der Waals surface area contributed by atoms with Gasteiger partial charge in [-0.05, 0) is 75.6 Å². The first-order valence-corrected chi connectivity index (χ1v) is 17.3. The smallest absolute Gasteiger partial charge is 0.124 e. The Morgan fingerprint density at radius 1 is 0.447 bits per heavy atom. The summed E-state index contributed by atoms with van der Waals surface area (Å²) in [5.74, 6) is 3.32. The molecule has 0 saturated carbocycles. The molecule has 0 radical (unpaired) electrons. The second kappa shape index (κ2) is 23.5. The summed E-state index contributed by atoms with van der Waals surface area (Å²) >= 11 is 0. The van der Waals surface area contributed by atoms with E-state index in [-0.39, 0.29) is 0 Å². The van der Waals surface area contributed by atoms with Crippen molar-refractivity contribution in [3.05, 3.63) is 59.7 Å². The Labute approximate surface area is 238 Å². The number of rotatable bonds is 25. The summed E-state index contributed by atoms with van der Waals surface area (Å²) in [5, 5.41) is 29.1. The fourth-order valence-electron chi connectivity index (χ4n) is 4.41. The van der Waals surface area contributed by atoms with Gasteiger partial charge in [0.25, 0.3) is 0 Å². The Balaban J connectivity index is 1.20. The first kappa shape index (κ1) is 32.8. The molecule has 2 aromatic carbocycles. The van der Waals surface area contributed by atoms with Crippen molar-refractivity contribution in [3.63, 3.8) is 0 Å². The van der Waals surface area contributed by atoms with Crippen LogP contribution in [-0.2, 0) is 13.1 Å². The van der Waals surface area contributed by atoms with E-state index in [1.165, 1.54) is 89.1 Å². The number of hydrogen-bond acceptors (Lipinski definition) is 4. The second-order valence-electron chi connectivity index (χ2n) is 10.0. The number of unbranched alkanes of at least 4 members (excludes halogenated alkanes) is 6. The van der Waals surface area contributed by atoms with Crippen LogP contribution >= 0.6 is 21.6 Å². The van der Waals surface area contributed by atoms with Crippen molar-refractivity contribution >= 4 is 21.6 Å². The molecular formula is C30H54N4O2S2+4. The minimum absolute atomic E-state index is 0.417. The van der Waals surface area contributed by atoms with Gasteiger partial charge in [0.1, 0.15) is 24.6 Å². The molecule has 0 bridgehead atoms. The van der Waals surface area contributed by atoms with Crippen LogP contribution in [0.5, 0.6) is 11.5 Å². The minimum atomic E-state index is 0.417. The van der Waals surface area contributed by atoms with E-state index in [1.807, 2.05) is 58.0 Å². The van der Waals surface area contributed by atoms with Gasteiger partial charge in [0, 0.05) is 11.1 Å². The molecule has 214 valence electrons. The average molecular weight is 567 g/mol. The average Bonchev–Trinajstić information content (AvgIpc) is 2.93. The Bertz CT molecular complexity index is 761. The van der Waals surface area contributed by atoms with Gasteiger partial charge < -0.3 is 31.5 Å². The third kappa shape index (κ3) is 17.2. The number of nitrogens with two attached hydrogens (primary N) is 4. The summed E-state index contributed by atoms with van der Waals surface area (Å²) < 4.78 is 0. The van der Waals surface area contributed by atoms with E-state index in [0.29, 0.717) is 11.5 Å². The molecule has 0 aliphatic rings. The Morgan fingerprint density at radius 3 is 1.21 bits per heavy atom. The van der Waals surface area contributed by atoms with Crippen LogP contribution in [0.4, 0.5) is 0 Å². The number of para-hydroxylation sites is 2. The summed E-state index contributed by atoms with van der Waals surface area (Å²) in [7, 11) is 4.07. The van der Waals surface area contributed by atoms with Crippen molar-refractivity contribution in [1.82, 2.24) is 0 Å². The number of phenols is 2. The zero-order valence-corrected chi connectivity index (χ0v) is 25.0. The first-order chi connectivity index (χ1) is 18.8. The maximum absolute atomic E-state index is 9.78. The molecule has 0 fully saturated rings. The van der Waals surface area contributed by atoms with Crippen molar-refractivity contribution in [1.29, 1.82) is 0 Å². The van der Waals surface area contributed by atoms with E-state index in [2.05, 4.69) is 21.3 Å². The standard InChI is InChI=1S/C30H50N4O2S2/c35-29-15-7-5-13-27(29)25-33-19-11-3-1-9-17-31-21-23-37-38-24-22-32-18-10-2-4-12-20-34-26-28-14-6-8-16-30(28)36/h5-8,13-16,31-36H,1-4,9-12,17-26H2/p+4. The van der Waals surface area contributed by atoms with Gasteiger partial charge in [-0.2, -0.15) is 0 Å². The van der Waals surface area contributed by atoms with Crippen LogP contribution in [0, 0.1) is 0 Å². The van der Waals surface area contributed by atoms with Gasteiger partial charge in [-0.1, -0.05) is 45.9 Å². The summed E-state index contributed by atoms with van der Waals surface area (Å²) in [6.45, 7) is 9.02. The predicted octanol–water partition coefficient (Wildman–Crippen LogP) is 1.55. The summed E-state index contributed by atoms with van der Waals surface area (Å²) in [6, 6.07) is 15.3. The highest BCUT2D eigenvalue weighted by Crippen LogP contribution is 2.18. The van der Waals surface area contributed by atoms with Gasteiger partial charge >= 0.3 is 0 Å². The van der Waals surface area contributed by atoms with Crippen molar-refractivity contribution in [2.45, 2.75) is 64.5 Å². The Morgan fingerprint density at radius 2 is 0.816 bits per heavy atom. The lowest BCUT2D eigenvalue weighted by Gasteiger charge is -2.05. The van der Waals surface area contributed by atoms with Crippen LogP contribution in [0.25, 0.3) is 0 Å². The fraction of sp³-hybridized carbons (Fsp3) is 0.600. The molecule has 0 amide bonds. The van der Waals surface area contributed by atoms with E-state index in [9.17, 15) is 10.2 Å². The molecule has 0 saturated heterocycles. The molecule has 0 atom stereocenters. The van der Waals surface area contributed by atoms with E-state index < -0.39 is 0 Å². The highest BCUT2D eigenvalue weighted by molar-refractivity contribution is 8.76. The summed E-state index contributed by atoms with van der Waals surface area (Å²) in [4.78, 5) is 0. The van der Waals surface area contributed by atoms with Gasteiger partial charge in [-0.3, -0.25) is 0 Å². The van der Waals surface area contributed by atoms with Crippen molar-refractivity contribution in [3.8, 4) is 11.5 Å². The van der Waals surface area contributed by atoms with Gasteiger partial charge in [0.05, 0.1) is 50.8 Å². The van der Waals surface area contributed by atoms with E-state index in [0.717, 1.165) is 37.3 Å². The number of quaternary nitrogens is 4. The zero-order valence-electron chi connectivity index (χ0n) is 23.4. The van der Waals surface area contributed by atoms with Gasteiger partial charge in [-0.25, -0.2) is 0 Å². The molecule has 38 heavy (non-hydrogen) atoms. The first-order valence-electron chi connectivity index (χ1n) is 14.8. The van der Waals surface area contributed by atoms with Gasteiger partial charge in [-0.15, -0.1) is 0 Å². The largest absolute Gasteiger partial charge is 0.507 e. The van der Waals surface area contributed by atoms with E-state index >= 15 is 0 Å². The molecule has 0 heterocycles. The number of aromatic hydroxyl groups is 2. The third-order valence-electron chi connectivity index (χ3n) is 6.74. The molecule has 2 aromatic rings. The lowest BCUT2D eigenvalue weighted by molar-refractivity contribution is -0.671. The SMILES string of the molecule is Oc1ccccc1C[NH2+]CCCCCC[NH2+]CCSSCC[NH2+]CCCCCC[NH2+]Cc1ccccc1O. The molecule has 2 rings (SSSR count). The van der Waals surface area contributed by atoms with Crippen molar-refractivity contribution in [2.24, 2.45) is 0 Å². The molecule has 8 heteroatoms. The second-order valence-corrected chi connectivity index (χ2v) is 12.7. The molecule has 0 aromatic heterocycles. The minimum Gasteiger partial charge on any atom is -0.507 e. The number of benzene rings is 2. The topological polar surface area (TPSA) is 107 Å². The zero-order chi connectivity index (χ0) is 26.9. The van der Waals surface area contributed by atoms with Crippen molar-refractivity contribution < 1.29 is 31.5 Å². The normalized spacial score (nSPS) is 11.3. The maximum Gasteiger partial charge on any atom is 0.124 e. The molecule has 6 nitrogen and oxygen atoms in total. The van der Waals surface area contributed by atoms with Crippen LogP contribution in [-0.4, -0.2) is 61.0 Å². The van der Waals surface area contributed by atoms with E-state index in [1.54, 1.807) is 12.1 Å². The maximum atomic E-state index is 9.78. The molecule has 0 aliphatic carbocycles. The number of hydrogen-bond donors (Lipinski definition) is 6. The summed E-state index contributed by atoms with van der Waals surface area (Å²) in [6.07, 6.45) is 10.5. The van der Waals surface area contributed by atoms with Gasteiger partial charge in [0.2, 0.25) is 0 Å². The number of phenolic OH excluding ortho intramolecular Hbond substituents is 2. The highest BCUT2D eigenvalue weighted by atomic mass is 33.1. The van der Waals surface area contributed by atoms with Crippen molar-refractivity contribution in [2.75, 3.05) is 50.8 Å². The quantitative estimate of drug-likeness (QED) is 0.0810. The molecule has 0 aliphatic heterocycles. The fourth-order valence-corrected chi connectivity index (χ4v) is 6.46. The van der Waals surface area contributed by atoms with Crippen LogP contribution in [0.3, 0.4) is 0 Å². The van der Waals surface area contributed by atoms with Crippen LogP contribution < -0.4 is 21.3 Å². The van der Waals surface area contributed by atoms with Gasteiger partial charge in [0.15, 0.2) is 0 Å². The van der Waals surface area contributed by atoms with E-state index in [4.69, 9.17) is 0 Å². The summed E-state index contributed by atoms with van der Waals surface area (Å²) in [5.41, 5.74) is 2.07. The van der Waals surface area contributed by atoms with Crippen LogP contribution in [0.1, 0.15) is 62.5 Å². The van der Waals surface area contributed by atoms with Crippen LogP contribution in [0.15, 0.2) is 48.5 Å².